The number of hydrogen-bond acceptors (Lipinski definition) is 5. The molecule has 1 aliphatic carbocycles. The highest BCUT2D eigenvalue weighted by Gasteiger charge is 2.57. The van der Waals surface area contributed by atoms with Crippen LogP contribution >= 0.6 is 0 Å². The second kappa shape index (κ2) is 4.66. The molecule has 5 nitrogen and oxygen atoms in total. The molecular weight excluding hydrogens is 260 g/mol. The van der Waals surface area contributed by atoms with Crippen LogP contribution in [0.5, 0.6) is 11.5 Å². The first kappa shape index (κ1) is 13.2. The number of carbonyl (C=O) groups is 1. The standard InChI is InChI=1S/C15H18O5/c1-18-11-4-3-9(7-12(11)19-2)15-6-5-10(16)14(15)20-13(17)8-15/h3-4,7,10,14,16H,5-6,8H2,1-2H3/t10-,14-,15-/m0/s1. The second-order valence-corrected chi connectivity index (χ2v) is 5.42. The van der Waals surface area contributed by atoms with Crippen molar-refractivity contribution in [1.82, 2.24) is 0 Å². The summed E-state index contributed by atoms with van der Waals surface area (Å²) >= 11 is 0. The number of fused-ring (bicyclic) bond motifs is 1. The smallest absolute Gasteiger partial charge is 0.307 e. The molecule has 0 amide bonds. The van der Waals surface area contributed by atoms with Crippen LogP contribution in [0.25, 0.3) is 0 Å². The van der Waals surface area contributed by atoms with Gasteiger partial charge >= 0.3 is 5.97 Å². The first-order chi connectivity index (χ1) is 9.60. The van der Waals surface area contributed by atoms with Crippen molar-refractivity contribution in [3.63, 3.8) is 0 Å². The van der Waals surface area contributed by atoms with Crippen LogP contribution in [0.1, 0.15) is 24.8 Å². The lowest BCUT2D eigenvalue weighted by molar-refractivity contribution is -0.145. The largest absolute Gasteiger partial charge is 0.493 e. The Kier molecular flexibility index (Phi) is 3.09. The molecule has 3 rings (SSSR count). The van der Waals surface area contributed by atoms with Gasteiger partial charge in [0.2, 0.25) is 0 Å². The molecule has 1 heterocycles. The predicted molar refractivity (Wildman–Crippen MR) is 71.0 cm³/mol. The molecule has 108 valence electrons. The Morgan fingerprint density at radius 2 is 2.05 bits per heavy atom. The number of carbonyl (C=O) groups excluding carboxylic acids is 1. The second-order valence-electron chi connectivity index (χ2n) is 5.42. The lowest BCUT2D eigenvalue weighted by Gasteiger charge is -2.28. The van der Waals surface area contributed by atoms with E-state index in [1.807, 2.05) is 18.2 Å². The van der Waals surface area contributed by atoms with Crippen LogP contribution < -0.4 is 9.47 Å². The Bertz CT molecular complexity index is 541. The summed E-state index contributed by atoms with van der Waals surface area (Å²) in [5, 5.41) is 10.0. The normalized spacial score (nSPS) is 31.9. The molecule has 0 radical (unpaired) electrons. The number of esters is 1. The zero-order valence-electron chi connectivity index (χ0n) is 11.6. The van der Waals surface area contributed by atoms with Crippen molar-refractivity contribution in [3.05, 3.63) is 23.8 Å². The van der Waals surface area contributed by atoms with Gasteiger partial charge in [-0.05, 0) is 30.5 Å². The molecule has 0 aromatic heterocycles. The van der Waals surface area contributed by atoms with Crippen LogP contribution in [0.3, 0.4) is 0 Å². The highest BCUT2D eigenvalue weighted by molar-refractivity contribution is 5.75. The SMILES string of the molecule is COc1ccc([C@@]23CC[C@H](O)[C@@H]2OC(=O)C3)cc1OC. The molecule has 20 heavy (non-hydrogen) atoms. The quantitative estimate of drug-likeness (QED) is 0.847. The minimum Gasteiger partial charge on any atom is -0.493 e. The number of aliphatic hydroxyl groups is 1. The van der Waals surface area contributed by atoms with Crippen LogP contribution in [0.2, 0.25) is 0 Å². The van der Waals surface area contributed by atoms with Crippen LogP contribution in [-0.4, -0.2) is 37.5 Å². The van der Waals surface area contributed by atoms with E-state index in [9.17, 15) is 9.90 Å². The molecule has 1 saturated heterocycles. The van der Waals surface area contributed by atoms with Gasteiger partial charge in [0, 0.05) is 5.41 Å². The lowest BCUT2D eigenvalue weighted by atomic mass is 9.76. The van der Waals surface area contributed by atoms with Gasteiger partial charge in [0.1, 0.15) is 6.10 Å². The summed E-state index contributed by atoms with van der Waals surface area (Å²) in [5.41, 5.74) is 0.526. The zero-order chi connectivity index (χ0) is 14.3. The molecule has 3 atom stereocenters. The van der Waals surface area contributed by atoms with Gasteiger partial charge in [-0.2, -0.15) is 0 Å². The summed E-state index contributed by atoms with van der Waals surface area (Å²) < 4.78 is 15.9. The van der Waals surface area contributed by atoms with Crippen molar-refractivity contribution in [2.24, 2.45) is 0 Å². The number of aliphatic hydroxyl groups excluding tert-OH is 1. The molecule has 1 aromatic carbocycles. The first-order valence-electron chi connectivity index (χ1n) is 6.71. The fraction of sp³-hybridized carbons (Fsp3) is 0.533. The van der Waals surface area contributed by atoms with Gasteiger partial charge in [0.25, 0.3) is 0 Å². The van der Waals surface area contributed by atoms with Crippen molar-refractivity contribution in [2.45, 2.75) is 36.9 Å². The molecule has 1 saturated carbocycles. The van der Waals surface area contributed by atoms with E-state index in [-0.39, 0.29) is 5.97 Å². The Hall–Kier alpha value is -1.75. The fourth-order valence-electron chi connectivity index (χ4n) is 3.45. The average Bonchev–Trinajstić information content (AvgIpc) is 2.95. The Morgan fingerprint density at radius 1 is 1.30 bits per heavy atom. The lowest BCUT2D eigenvalue weighted by Crippen LogP contribution is -2.35. The van der Waals surface area contributed by atoms with Gasteiger partial charge in [0.05, 0.1) is 26.7 Å². The fourth-order valence-corrected chi connectivity index (χ4v) is 3.45. The minimum atomic E-state index is -0.588. The van der Waals surface area contributed by atoms with E-state index in [0.29, 0.717) is 24.3 Å². The number of ether oxygens (including phenoxy) is 3. The maximum atomic E-state index is 11.7. The number of rotatable bonds is 3. The van der Waals surface area contributed by atoms with Crippen molar-refractivity contribution in [1.29, 1.82) is 0 Å². The molecule has 1 aliphatic heterocycles. The third-order valence-corrected chi connectivity index (χ3v) is 4.46. The number of methoxy groups -OCH3 is 2. The van der Waals surface area contributed by atoms with E-state index in [0.717, 1.165) is 12.0 Å². The van der Waals surface area contributed by atoms with Gasteiger partial charge in [0.15, 0.2) is 11.5 Å². The Balaban J connectivity index is 2.05. The highest BCUT2D eigenvalue weighted by atomic mass is 16.6. The van der Waals surface area contributed by atoms with E-state index in [2.05, 4.69) is 0 Å². The van der Waals surface area contributed by atoms with Crippen molar-refractivity contribution in [3.8, 4) is 11.5 Å². The predicted octanol–water partition coefficient (Wildman–Crippen LogP) is 1.41. The molecule has 2 aliphatic rings. The monoisotopic (exact) mass is 278 g/mol. The van der Waals surface area contributed by atoms with Crippen molar-refractivity contribution >= 4 is 5.97 Å². The maximum absolute atomic E-state index is 11.7. The van der Waals surface area contributed by atoms with Crippen LogP contribution in [0.4, 0.5) is 0 Å². The molecule has 1 N–H and O–H groups in total. The number of benzene rings is 1. The third kappa shape index (κ3) is 1.77. The van der Waals surface area contributed by atoms with E-state index < -0.39 is 17.6 Å². The van der Waals surface area contributed by atoms with E-state index in [1.54, 1.807) is 14.2 Å². The molecule has 2 fully saturated rings. The summed E-state index contributed by atoms with van der Waals surface area (Å²) in [4.78, 5) is 11.7. The molecule has 0 unspecified atom stereocenters. The first-order valence-corrected chi connectivity index (χ1v) is 6.71. The van der Waals surface area contributed by atoms with Crippen molar-refractivity contribution in [2.75, 3.05) is 14.2 Å². The molecular formula is C15H18O5. The van der Waals surface area contributed by atoms with Gasteiger partial charge < -0.3 is 19.3 Å². The summed E-state index contributed by atoms with van der Waals surface area (Å²) in [6.07, 6.45) is 0.652. The molecule has 0 bridgehead atoms. The Labute approximate surface area is 117 Å². The van der Waals surface area contributed by atoms with Crippen molar-refractivity contribution < 1.29 is 24.1 Å². The highest BCUT2D eigenvalue weighted by Crippen LogP contribution is 2.51. The zero-order valence-corrected chi connectivity index (χ0v) is 11.6. The van der Waals surface area contributed by atoms with Crippen LogP contribution in [0.15, 0.2) is 18.2 Å². The van der Waals surface area contributed by atoms with Gasteiger partial charge in [-0.3, -0.25) is 4.79 Å². The van der Waals surface area contributed by atoms with E-state index in [1.165, 1.54) is 0 Å². The Morgan fingerprint density at radius 3 is 2.75 bits per heavy atom. The number of hydrogen-bond donors (Lipinski definition) is 1. The minimum absolute atomic E-state index is 0.247. The van der Waals surface area contributed by atoms with E-state index >= 15 is 0 Å². The maximum Gasteiger partial charge on any atom is 0.307 e. The molecule has 5 heteroatoms. The summed E-state index contributed by atoms with van der Waals surface area (Å²) in [6, 6.07) is 5.63. The summed E-state index contributed by atoms with van der Waals surface area (Å²) in [6.45, 7) is 0. The van der Waals surface area contributed by atoms with Crippen LogP contribution in [0, 0.1) is 0 Å². The van der Waals surface area contributed by atoms with Gasteiger partial charge in [-0.1, -0.05) is 6.07 Å². The topological polar surface area (TPSA) is 65.0 Å². The van der Waals surface area contributed by atoms with Gasteiger partial charge in [-0.25, -0.2) is 0 Å². The summed E-state index contributed by atoms with van der Waals surface area (Å²) in [5.74, 6) is 1.02. The van der Waals surface area contributed by atoms with Crippen LogP contribution in [-0.2, 0) is 14.9 Å². The molecule has 0 spiro atoms. The average molecular weight is 278 g/mol. The summed E-state index contributed by atoms with van der Waals surface area (Å²) in [7, 11) is 3.16. The third-order valence-electron chi connectivity index (χ3n) is 4.46. The van der Waals surface area contributed by atoms with E-state index in [4.69, 9.17) is 14.2 Å². The van der Waals surface area contributed by atoms with Gasteiger partial charge in [-0.15, -0.1) is 0 Å². The molecule has 1 aromatic rings.